The summed E-state index contributed by atoms with van der Waals surface area (Å²) in [6.07, 6.45) is 5.94. The third kappa shape index (κ3) is 7.59. The third-order valence-corrected chi connectivity index (χ3v) is 7.85. The number of methoxy groups -OCH3 is 2. The predicted molar refractivity (Wildman–Crippen MR) is 143 cm³/mol. The van der Waals surface area contributed by atoms with E-state index in [1.807, 2.05) is 0 Å². The number of halogens is 1. The number of benzene rings is 2. The summed E-state index contributed by atoms with van der Waals surface area (Å²) in [5.41, 5.74) is 0.727. The number of hydrogen-bond donors (Lipinski definition) is 1. The lowest BCUT2D eigenvalue weighted by molar-refractivity contribution is -0.139. The molecule has 1 aliphatic carbocycles. The highest BCUT2D eigenvalue weighted by atomic mass is 32.2. The molecule has 11 heteroatoms. The van der Waals surface area contributed by atoms with Gasteiger partial charge in [0.25, 0.3) is 0 Å². The highest BCUT2D eigenvalue weighted by molar-refractivity contribution is 7.92. The van der Waals surface area contributed by atoms with Gasteiger partial charge in [-0.25, -0.2) is 12.8 Å². The zero-order valence-corrected chi connectivity index (χ0v) is 23.1. The van der Waals surface area contributed by atoms with E-state index in [1.165, 1.54) is 49.5 Å². The summed E-state index contributed by atoms with van der Waals surface area (Å²) in [6, 6.07) is 9.37. The van der Waals surface area contributed by atoms with Crippen LogP contribution < -0.4 is 19.1 Å². The van der Waals surface area contributed by atoms with Gasteiger partial charge in [0.05, 0.1) is 26.2 Å². The van der Waals surface area contributed by atoms with Gasteiger partial charge in [-0.1, -0.05) is 31.4 Å². The second-order valence-electron chi connectivity index (χ2n) is 9.48. The number of anilines is 1. The van der Waals surface area contributed by atoms with Crippen molar-refractivity contribution in [3.05, 3.63) is 53.8 Å². The number of sulfonamides is 1. The van der Waals surface area contributed by atoms with Crippen LogP contribution in [0.3, 0.4) is 0 Å². The Bertz CT molecular complexity index is 1220. The maximum Gasteiger partial charge on any atom is 0.244 e. The average molecular weight is 550 g/mol. The van der Waals surface area contributed by atoms with Crippen molar-refractivity contribution in [2.75, 3.05) is 31.3 Å². The molecule has 208 valence electrons. The SMILES string of the molecule is COc1ccc(OC)c(N(CC(=O)N(Cc2ccc(F)cc2)[C@@H](C)C(=O)NC2CCCCC2)S(C)(=O)=O)c1. The molecule has 0 aromatic heterocycles. The zero-order valence-electron chi connectivity index (χ0n) is 22.3. The van der Waals surface area contributed by atoms with Crippen LogP contribution in [0.2, 0.25) is 0 Å². The van der Waals surface area contributed by atoms with Crippen LogP contribution in [0.1, 0.15) is 44.6 Å². The molecular weight excluding hydrogens is 513 g/mol. The zero-order chi connectivity index (χ0) is 27.9. The Morgan fingerprint density at radius 2 is 1.71 bits per heavy atom. The molecular formula is C27H36FN3O6S. The summed E-state index contributed by atoms with van der Waals surface area (Å²) in [5, 5.41) is 3.04. The number of hydrogen-bond acceptors (Lipinski definition) is 6. The molecule has 0 radical (unpaired) electrons. The average Bonchev–Trinajstić information content (AvgIpc) is 2.90. The number of rotatable bonds is 11. The molecule has 2 aromatic carbocycles. The smallest absolute Gasteiger partial charge is 0.244 e. The van der Waals surface area contributed by atoms with E-state index in [-0.39, 0.29) is 29.9 Å². The summed E-state index contributed by atoms with van der Waals surface area (Å²) in [4.78, 5) is 28.3. The van der Waals surface area contributed by atoms with E-state index in [2.05, 4.69) is 5.32 Å². The van der Waals surface area contributed by atoms with Gasteiger partial charge >= 0.3 is 0 Å². The van der Waals surface area contributed by atoms with Gasteiger partial charge in [-0.15, -0.1) is 0 Å². The van der Waals surface area contributed by atoms with Crippen LogP contribution in [0.5, 0.6) is 11.5 Å². The Balaban J connectivity index is 1.93. The van der Waals surface area contributed by atoms with E-state index in [1.54, 1.807) is 19.1 Å². The maximum absolute atomic E-state index is 13.7. The highest BCUT2D eigenvalue weighted by Gasteiger charge is 2.32. The van der Waals surface area contributed by atoms with E-state index >= 15 is 0 Å². The minimum atomic E-state index is -3.95. The fourth-order valence-electron chi connectivity index (χ4n) is 4.52. The standard InChI is InChI=1S/C27H36FN3O6S/c1-19(27(33)29-22-8-6-5-7-9-22)30(17-20-10-12-21(28)13-11-20)26(32)18-31(38(4,34)35)24-16-23(36-2)14-15-25(24)37-3/h10-16,19,22H,5-9,17-18H2,1-4H3,(H,29,33)/t19-/m0/s1. The van der Waals surface area contributed by atoms with Crippen LogP contribution in [0, 0.1) is 5.82 Å². The lowest BCUT2D eigenvalue weighted by Gasteiger charge is -2.33. The Labute approximate surface area is 224 Å². The number of carbonyl (C=O) groups excluding carboxylic acids is 2. The van der Waals surface area contributed by atoms with Crippen LogP contribution >= 0.6 is 0 Å². The minimum absolute atomic E-state index is 0.00872. The van der Waals surface area contributed by atoms with Gasteiger partial charge in [-0.2, -0.15) is 0 Å². The minimum Gasteiger partial charge on any atom is -0.497 e. The fourth-order valence-corrected chi connectivity index (χ4v) is 5.37. The number of amides is 2. The molecule has 1 fully saturated rings. The number of nitrogens with one attached hydrogen (secondary N) is 1. The summed E-state index contributed by atoms with van der Waals surface area (Å²) in [7, 11) is -1.11. The third-order valence-electron chi connectivity index (χ3n) is 6.72. The van der Waals surface area contributed by atoms with Crippen LogP contribution in [-0.4, -0.2) is 64.2 Å². The van der Waals surface area contributed by atoms with Crippen LogP contribution in [-0.2, 0) is 26.2 Å². The Kier molecular flexibility index (Phi) is 9.96. The van der Waals surface area contributed by atoms with E-state index < -0.39 is 34.3 Å². The first-order valence-corrected chi connectivity index (χ1v) is 14.4. The molecule has 3 rings (SSSR count). The van der Waals surface area contributed by atoms with E-state index in [0.717, 1.165) is 42.7 Å². The molecule has 0 bridgehead atoms. The predicted octanol–water partition coefficient (Wildman–Crippen LogP) is 3.48. The Morgan fingerprint density at radius 1 is 1.05 bits per heavy atom. The van der Waals surface area contributed by atoms with Crippen LogP contribution in [0.4, 0.5) is 10.1 Å². The second kappa shape index (κ2) is 12.9. The van der Waals surface area contributed by atoms with Crippen molar-refractivity contribution in [1.82, 2.24) is 10.2 Å². The molecule has 0 spiro atoms. The van der Waals surface area contributed by atoms with Gasteiger partial charge in [0.15, 0.2) is 0 Å². The van der Waals surface area contributed by atoms with Gasteiger partial charge in [0.2, 0.25) is 21.8 Å². The van der Waals surface area contributed by atoms with Crippen LogP contribution in [0.15, 0.2) is 42.5 Å². The molecule has 1 atom stereocenters. The van der Waals surface area contributed by atoms with Crippen molar-refractivity contribution in [2.45, 2.75) is 57.7 Å². The van der Waals surface area contributed by atoms with Crippen molar-refractivity contribution in [2.24, 2.45) is 0 Å². The molecule has 0 unspecified atom stereocenters. The highest BCUT2D eigenvalue weighted by Crippen LogP contribution is 2.34. The molecule has 1 aliphatic rings. The molecule has 2 amide bonds. The van der Waals surface area contributed by atoms with Crippen molar-refractivity contribution in [3.63, 3.8) is 0 Å². The van der Waals surface area contributed by atoms with Gasteiger partial charge < -0.3 is 19.7 Å². The number of ether oxygens (including phenoxy) is 2. The van der Waals surface area contributed by atoms with E-state index in [0.29, 0.717) is 11.3 Å². The maximum atomic E-state index is 13.7. The Hall–Kier alpha value is -3.34. The molecule has 1 saturated carbocycles. The van der Waals surface area contributed by atoms with Crippen molar-refractivity contribution in [1.29, 1.82) is 0 Å². The quantitative estimate of drug-likeness (QED) is 0.460. The topological polar surface area (TPSA) is 105 Å². The van der Waals surface area contributed by atoms with Crippen molar-refractivity contribution < 1.29 is 31.9 Å². The molecule has 0 aliphatic heterocycles. The number of nitrogens with zero attached hydrogens (tertiary/aromatic N) is 2. The molecule has 9 nitrogen and oxygen atoms in total. The lowest BCUT2D eigenvalue weighted by atomic mass is 9.95. The molecule has 38 heavy (non-hydrogen) atoms. The fraction of sp³-hybridized carbons (Fsp3) is 0.481. The first kappa shape index (κ1) is 29.2. The first-order chi connectivity index (χ1) is 18.0. The summed E-state index contributed by atoms with van der Waals surface area (Å²) in [5.74, 6) is -0.737. The molecule has 0 saturated heterocycles. The Morgan fingerprint density at radius 3 is 2.29 bits per heavy atom. The molecule has 2 aromatic rings. The van der Waals surface area contributed by atoms with E-state index in [4.69, 9.17) is 9.47 Å². The van der Waals surface area contributed by atoms with Gasteiger partial charge in [-0.3, -0.25) is 13.9 Å². The van der Waals surface area contributed by atoms with Crippen molar-refractivity contribution in [3.8, 4) is 11.5 Å². The number of carbonyl (C=O) groups is 2. The largest absolute Gasteiger partial charge is 0.497 e. The van der Waals surface area contributed by atoms with E-state index in [9.17, 15) is 22.4 Å². The first-order valence-electron chi connectivity index (χ1n) is 12.6. The van der Waals surface area contributed by atoms with Crippen LogP contribution in [0.25, 0.3) is 0 Å². The lowest BCUT2D eigenvalue weighted by Crippen LogP contribution is -2.53. The van der Waals surface area contributed by atoms with Crippen molar-refractivity contribution >= 4 is 27.5 Å². The second-order valence-corrected chi connectivity index (χ2v) is 11.4. The summed E-state index contributed by atoms with van der Waals surface area (Å²) >= 11 is 0. The monoisotopic (exact) mass is 549 g/mol. The molecule has 1 N–H and O–H groups in total. The normalized spacial score (nSPS) is 14.9. The van der Waals surface area contributed by atoms with Gasteiger partial charge in [-0.05, 0) is 49.6 Å². The van der Waals surface area contributed by atoms with Gasteiger partial charge in [0, 0.05) is 18.7 Å². The summed E-state index contributed by atoms with van der Waals surface area (Å²) < 4.78 is 50.8. The van der Waals surface area contributed by atoms with Gasteiger partial charge in [0.1, 0.15) is 29.9 Å². The molecule has 0 heterocycles. The summed E-state index contributed by atoms with van der Waals surface area (Å²) in [6.45, 7) is 1.02.